The molecule has 0 spiro atoms. The number of anilines is 1. The zero-order valence-corrected chi connectivity index (χ0v) is 23.7. The van der Waals surface area contributed by atoms with Crippen molar-refractivity contribution in [3.05, 3.63) is 23.0 Å². The van der Waals surface area contributed by atoms with Crippen LogP contribution in [0.4, 0.5) is 9.93 Å². The topological polar surface area (TPSA) is 288 Å². The Morgan fingerprint density at radius 2 is 2.00 bits per heavy atom. The molecular weight excluding hydrogens is 616 g/mol. The van der Waals surface area contributed by atoms with Gasteiger partial charge in [-0.25, -0.2) is 18.9 Å². The number of amides is 3. The Morgan fingerprint density at radius 3 is 2.58 bits per heavy atom. The third-order valence-electron chi connectivity index (χ3n) is 6.92. The van der Waals surface area contributed by atoms with E-state index in [9.17, 15) is 37.3 Å². The Morgan fingerprint density at radius 1 is 1.28 bits per heavy atom. The van der Waals surface area contributed by atoms with Crippen molar-refractivity contribution in [2.24, 2.45) is 16.8 Å². The molecule has 2 aromatic rings. The average molecular weight is 643 g/mol. The number of nitrogens with two attached hydrogens (primary N) is 2. The van der Waals surface area contributed by atoms with Gasteiger partial charge >= 0.3 is 22.4 Å². The second-order valence-electron chi connectivity index (χ2n) is 9.98. The maximum atomic E-state index is 13.2. The van der Waals surface area contributed by atoms with Crippen LogP contribution < -0.4 is 16.8 Å². The molecule has 5 rings (SSSR count). The summed E-state index contributed by atoms with van der Waals surface area (Å²) in [5.74, 6) is -3.30. The van der Waals surface area contributed by atoms with Crippen LogP contribution in [0.2, 0.25) is 0 Å². The van der Waals surface area contributed by atoms with Gasteiger partial charge in [0.2, 0.25) is 5.60 Å². The quantitative estimate of drug-likeness (QED) is 0.0685. The minimum atomic E-state index is -5.05. The lowest BCUT2D eigenvalue weighted by atomic mass is 9.98. The third-order valence-corrected chi connectivity index (χ3v) is 8.54. The van der Waals surface area contributed by atoms with E-state index < -0.39 is 64.1 Å². The summed E-state index contributed by atoms with van der Waals surface area (Å²) in [7, 11) is -5.05. The number of thiazole rings is 1. The summed E-state index contributed by atoms with van der Waals surface area (Å²) in [6.07, 6.45) is 0.987. The van der Waals surface area contributed by atoms with E-state index in [-0.39, 0.29) is 46.2 Å². The molecule has 2 aliphatic heterocycles. The number of nitrogens with zero attached hydrogens (tertiary/aromatic N) is 7. The summed E-state index contributed by atoms with van der Waals surface area (Å²) >= 11 is 0.953. The molecule has 1 unspecified atom stereocenters. The van der Waals surface area contributed by atoms with Crippen LogP contribution in [0.25, 0.3) is 0 Å². The van der Waals surface area contributed by atoms with Crippen LogP contribution in [0.5, 0.6) is 0 Å². The number of oxime groups is 1. The highest BCUT2D eigenvalue weighted by molar-refractivity contribution is 7.84. The smallest absolute Gasteiger partial charge is 0.410 e. The van der Waals surface area contributed by atoms with Gasteiger partial charge in [-0.1, -0.05) is 5.16 Å². The second kappa shape index (κ2) is 11.3. The molecule has 20 nitrogen and oxygen atoms in total. The van der Waals surface area contributed by atoms with Gasteiger partial charge in [0, 0.05) is 37.2 Å². The summed E-state index contributed by atoms with van der Waals surface area (Å²) in [5.41, 5.74) is 9.19. The first kappa shape index (κ1) is 30.1. The molecule has 22 heteroatoms. The number of hydrogen-bond donors (Lipinski definition) is 5. The molecule has 0 bridgehead atoms. The summed E-state index contributed by atoms with van der Waals surface area (Å²) < 4.78 is 38.8. The molecule has 0 aromatic carbocycles. The van der Waals surface area contributed by atoms with Crippen molar-refractivity contribution in [1.82, 2.24) is 34.5 Å². The van der Waals surface area contributed by atoms with Crippen LogP contribution in [-0.2, 0) is 47.4 Å². The average Bonchev–Trinajstić information content (AvgIpc) is 3.38. The summed E-state index contributed by atoms with van der Waals surface area (Å²) in [6.45, 7) is 0.749. The van der Waals surface area contributed by atoms with Gasteiger partial charge in [-0.05, 0) is 6.54 Å². The van der Waals surface area contributed by atoms with E-state index >= 15 is 0 Å². The number of carboxylic acids is 1. The van der Waals surface area contributed by atoms with Crippen LogP contribution in [0.3, 0.4) is 0 Å². The Bertz CT molecular complexity index is 1580. The van der Waals surface area contributed by atoms with E-state index in [1.807, 2.05) is 0 Å². The SMILES string of the molecule is NCC1CN(C(=O)OCc2cnn(C[C@H]3C(NC(=O)/C(=N\OC4(C(=O)O)CC4)c4csc(N)n4)C(=O)N3S(=O)(=O)O)n2)C1. The molecule has 232 valence electrons. The fourth-order valence-electron chi connectivity index (χ4n) is 4.29. The number of nitrogen functional groups attached to an aromatic ring is 1. The normalized spacial score (nSPS) is 21.5. The molecule has 2 atom stereocenters. The molecule has 4 heterocycles. The minimum absolute atomic E-state index is 0.0564. The van der Waals surface area contributed by atoms with E-state index in [0.717, 1.165) is 16.1 Å². The number of hydrogen-bond acceptors (Lipinski definition) is 15. The molecule has 2 saturated heterocycles. The van der Waals surface area contributed by atoms with Crippen molar-refractivity contribution in [1.29, 1.82) is 0 Å². The van der Waals surface area contributed by atoms with E-state index in [2.05, 4.69) is 25.7 Å². The molecule has 43 heavy (non-hydrogen) atoms. The zero-order chi connectivity index (χ0) is 31.1. The predicted octanol–water partition coefficient (Wildman–Crippen LogP) is -2.62. The van der Waals surface area contributed by atoms with Crippen molar-refractivity contribution < 1.29 is 46.8 Å². The van der Waals surface area contributed by atoms with Gasteiger partial charge in [0.25, 0.3) is 11.8 Å². The van der Waals surface area contributed by atoms with Gasteiger partial charge in [-0.3, -0.25) is 14.1 Å². The lowest BCUT2D eigenvalue weighted by molar-refractivity contribution is -0.153. The van der Waals surface area contributed by atoms with Gasteiger partial charge in [0.1, 0.15) is 30.1 Å². The van der Waals surface area contributed by atoms with E-state index in [1.54, 1.807) is 0 Å². The van der Waals surface area contributed by atoms with E-state index in [0.29, 0.717) is 19.6 Å². The number of carbonyl (C=O) groups excluding carboxylic acids is 3. The van der Waals surface area contributed by atoms with Crippen LogP contribution in [-0.4, -0.2) is 114 Å². The highest BCUT2D eigenvalue weighted by atomic mass is 32.2. The van der Waals surface area contributed by atoms with Crippen LogP contribution in [0.1, 0.15) is 24.2 Å². The molecule has 3 amide bonds. The van der Waals surface area contributed by atoms with Crippen molar-refractivity contribution in [3.63, 3.8) is 0 Å². The van der Waals surface area contributed by atoms with Gasteiger partial charge in [-0.15, -0.1) is 11.3 Å². The number of nitrogens with one attached hydrogen (secondary N) is 1. The first-order chi connectivity index (χ1) is 20.3. The number of β-lactam (4-membered cyclic amide) rings is 1. The summed E-state index contributed by atoms with van der Waals surface area (Å²) in [4.78, 5) is 61.1. The number of rotatable bonds is 12. The number of aliphatic carboxylic acids is 1. The fraction of sp³-hybridized carbons (Fsp3) is 0.524. The Kier molecular flexibility index (Phi) is 7.93. The second-order valence-corrected chi connectivity index (χ2v) is 12.2. The number of likely N-dealkylation sites (tertiary alicyclic amines) is 1. The maximum Gasteiger partial charge on any atom is 0.410 e. The Labute approximate surface area is 246 Å². The minimum Gasteiger partial charge on any atom is -0.478 e. The van der Waals surface area contributed by atoms with Crippen LogP contribution in [0.15, 0.2) is 16.7 Å². The van der Waals surface area contributed by atoms with Crippen LogP contribution in [0, 0.1) is 5.92 Å². The number of ether oxygens (including phenoxy) is 1. The molecule has 1 saturated carbocycles. The van der Waals surface area contributed by atoms with Gasteiger partial charge in [0.15, 0.2) is 10.8 Å². The molecule has 2 aromatic heterocycles. The number of carbonyl (C=O) groups is 4. The monoisotopic (exact) mass is 642 g/mol. The fourth-order valence-corrected chi connectivity index (χ4v) is 5.71. The van der Waals surface area contributed by atoms with Crippen LogP contribution >= 0.6 is 11.3 Å². The third kappa shape index (κ3) is 6.21. The van der Waals surface area contributed by atoms with Crippen molar-refractivity contribution >= 4 is 56.4 Å². The molecule has 3 aliphatic rings. The highest BCUT2D eigenvalue weighted by Gasteiger charge is 2.56. The predicted molar refractivity (Wildman–Crippen MR) is 142 cm³/mol. The van der Waals surface area contributed by atoms with Crippen molar-refractivity contribution in [2.45, 2.75) is 43.7 Å². The first-order valence-corrected chi connectivity index (χ1v) is 14.9. The van der Waals surface area contributed by atoms with Crippen molar-refractivity contribution in [3.8, 4) is 0 Å². The largest absolute Gasteiger partial charge is 0.478 e. The lowest BCUT2D eigenvalue weighted by Gasteiger charge is -2.43. The van der Waals surface area contributed by atoms with E-state index in [1.165, 1.54) is 16.5 Å². The molecule has 1 aliphatic carbocycles. The maximum absolute atomic E-state index is 13.2. The summed E-state index contributed by atoms with van der Waals surface area (Å²) in [5, 5.41) is 24.8. The lowest BCUT2D eigenvalue weighted by Crippen LogP contribution is -2.73. The first-order valence-electron chi connectivity index (χ1n) is 12.6. The standard InChI is InChI=1S/C21H26N10O10S2/c22-3-10-5-29(6-10)20(36)40-8-11-4-24-30(27-11)7-13-15(17(33)31(13)43(37,38)39)26-16(32)14(12-9-42-19(23)25-12)28-41-21(1-2-21)18(34)35/h4,9-10,13,15H,1-3,5-8,22H2,(H2,23,25)(H,26,32)(H,34,35)(H,37,38,39)/b28-14-/t13-,15?/m0/s1. The van der Waals surface area contributed by atoms with Gasteiger partial charge in [-0.2, -0.15) is 23.4 Å². The molecule has 3 fully saturated rings. The molecule has 7 N–H and O–H groups in total. The molecular formula is C21H26N10O10S2. The number of aromatic nitrogens is 4. The number of carboxylic acid groups (broad SMARTS) is 1. The van der Waals surface area contributed by atoms with Crippen molar-refractivity contribution in [2.75, 3.05) is 25.4 Å². The Hall–Kier alpha value is -4.41. The van der Waals surface area contributed by atoms with Gasteiger partial charge in [0.05, 0.1) is 12.7 Å². The van der Waals surface area contributed by atoms with Gasteiger partial charge < -0.3 is 36.4 Å². The zero-order valence-electron chi connectivity index (χ0n) is 22.1. The molecule has 0 radical (unpaired) electrons. The Balaban J connectivity index is 1.28. The van der Waals surface area contributed by atoms with E-state index in [4.69, 9.17) is 21.0 Å². The highest BCUT2D eigenvalue weighted by Crippen LogP contribution is 2.40. The summed E-state index contributed by atoms with van der Waals surface area (Å²) in [6, 6.07) is -2.90.